The van der Waals surface area contributed by atoms with Gasteiger partial charge < -0.3 is 4.90 Å². The maximum atomic E-state index is 12.6. The molecule has 5 heteroatoms. The van der Waals surface area contributed by atoms with Crippen LogP contribution in [0, 0.1) is 0 Å². The molecule has 120 valence electrons. The summed E-state index contributed by atoms with van der Waals surface area (Å²) >= 11 is 0. The average molecular weight is 329 g/mol. The molecule has 0 bridgehead atoms. The molecular weight excluding hydrogens is 310 g/mol. The third kappa shape index (κ3) is 3.45. The number of benzene rings is 2. The first-order chi connectivity index (χ1) is 10.9. The minimum absolute atomic E-state index is 0.0456. The topological polar surface area (TPSA) is 54.5 Å². The van der Waals surface area contributed by atoms with Crippen molar-refractivity contribution < 1.29 is 13.2 Å². The van der Waals surface area contributed by atoms with E-state index in [1.807, 2.05) is 23.1 Å². The zero-order valence-electron chi connectivity index (χ0n) is 13.0. The zero-order chi connectivity index (χ0) is 16.4. The van der Waals surface area contributed by atoms with Gasteiger partial charge in [0.2, 0.25) is 5.91 Å². The monoisotopic (exact) mass is 329 g/mol. The van der Waals surface area contributed by atoms with E-state index in [0.29, 0.717) is 0 Å². The summed E-state index contributed by atoms with van der Waals surface area (Å²) in [6.45, 7) is 0.733. The Morgan fingerprint density at radius 2 is 1.78 bits per heavy atom. The van der Waals surface area contributed by atoms with Crippen molar-refractivity contribution in [2.45, 2.75) is 24.2 Å². The maximum absolute atomic E-state index is 12.6. The van der Waals surface area contributed by atoms with Crippen molar-refractivity contribution in [1.29, 1.82) is 0 Å². The zero-order valence-corrected chi connectivity index (χ0v) is 13.8. The van der Waals surface area contributed by atoms with E-state index in [4.69, 9.17) is 0 Å². The smallest absolute Gasteiger partial charge is 0.231 e. The molecule has 23 heavy (non-hydrogen) atoms. The third-order valence-electron chi connectivity index (χ3n) is 4.12. The summed E-state index contributed by atoms with van der Waals surface area (Å²) in [6.07, 6.45) is 3.43. The molecule has 0 fully saturated rings. The van der Waals surface area contributed by atoms with Gasteiger partial charge in [0.1, 0.15) is 0 Å². The van der Waals surface area contributed by atoms with Crippen LogP contribution in [0.4, 0.5) is 5.69 Å². The van der Waals surface area contributed by atoms with Crippen LogP contribution in [0.25, 0.3) is 0 Å². The number of amides is 1. The molecule has 0 saturated heterocycles. The van der Waals surface area contributed by atoms with Gasteiger partial charge >= 0.3 is 0 Å². The van der Waals surface area contributed by atoms with Gasteiger partial charge in [-0.05, 0) is 42.2 Å². The highest BCUT2D eigenvalue weighted by Gasteiger charge is 2.22. The molecule has 0 aromatic heterocycles. The van der Waals surface area contributed by atoms with Gasteiger partial charge in [-0.2, -0.15) is 0 Å². The van der Waals surface area contributed by atoms with Crippen molar-refractivity contribution in [3.63, 3.8) is 0 Å². The molecule has 0 unspecified atom stereocenters. The Labute approximate surface area is 136 Å². The fourth-order valence-electron chi connectivity index (χ4n) is 2.92. The molecule has 0 saturated carbocycles. The highest BCUT2D eigenvalue weighted by molar-refractivity contribution is 7.90. The number of aryl methyl sites for hydroxylation is 1. The van der Waals surface area contributed by atoms with Crippen LogP contribution in [0.15, 0.2) is 53.4 Å². The van der Waals surface area contributed by atoms with Crippen molar-refractivity contribution >= 4 is 21.4 Å². The maximum Gasteiger partial charge on any atom is 0.231 e. The second kappa shape index (κ2) is 6.16. The molecule has 0 N–H and O–H groups in total. The standard InChI is InChI=1S/C18H19NO3S/c1-23(21,22)16-10-8-14(9-11-16)13-18(20)19-12-4-6-15-5-2-3-7-17(15)19/h2-3,5,7-11H,4,6,12-13H2,1H3. The van der Waals surface area contributed by atoms with E-state index in [-0.39, 0.29) is 17.2 Å². The largest absolute Gasteiger partial charge is 0.312 e. The van der Waals surface area contributed by atoms with Gasteiger partial charge in [-0.1, -0.05) is 30.3 Å². The summed E-state index contributed by atoms with van der Waals surface area (Å²) in [5, 5.41) is 0. The summed E-state index contributed by atoms with van der Waals surface area (Å²) in [5.74, 6) is 0.0456. The molecule has 1 aliphatic heterocycles. The number of anilines is 1. The van der Waals surface area contributed by atoms with Crippen LogP contribution in [-0.2, 0) is 27.5 Å². The normalized spacial score (nSPS) is 14.4. The molecular formula is C18H19NO3S. The molecule has 0 radical (unpaired) electrons. The molecule has 0 aliphatic carbocycles. The van der Waals surface area contributed by atoms with Gasteiger partial charge in [0.25, 0.3) is 0 Å². The first kappa shape index (κ1) is 15.7. The van der Waals surface area contributed by atoms with Gasteiger partial charge in [-0.25, -0.2) is 8.42 Å². The second-order valence-corrected chi connectivity index (χ2v) is 7.89. The molecule has 3 rings (SSSR count). The predicted molar refractivity (Wildman–Crippen MR) is 90.4 cm³/mol. The van der Waals surface area contributed by atoms with Crippen LogP contribution in [0.2, 0.25) is 0 Å². The molecule has 1 aliphatic rings. The Balaban J connectivity index is 1.78. The molecule has 0 atom stereocenters. The SMILES string of the molecule is CS(=O)(=O)c1ccc(CC(=O)N2CCCc3ccccc32)cc1. The van der Waals surface area contributed by atoms with Gasteiger partial charge in [0.05, 0.1) is 11.3 Å². The summed E-state index contributed by atoms with van der Waals surface area (Å²) in [7, 11) is -3.20. The summed E-state index contributed by atoms with van der Waals surface area (Å²) < 4.78 is 23.0. The number of hydrogen-bond donors (Lipinski definition) is 0. The summed E-state index contributed by atoms with van der Waals surface area (Å²) in [4.78, 5) is 14.7. The fourth-order valence-corrected chi connectivity index (χ4v) is 3.55. The van der Waals surface area contributed by atoms with Crippen LogP contribution >= 0.6 is 0 Å². The van der Waals surface area contributed by atoms with Crippen molar-refractivity contribution in [3.8, 4) is 0 Å². The number of sulfone groups is 1. The van der Waals surface area contributed by atoms with E-state index in [1.165, 1.54) is 11.8 Å². The van der Waals surface area contributed by atoms with Crippen LogP contribution in [0.1, 0.15) is 17.5 Å². The first-order valence-electron chi connectivity index (χ1n) is 7.62. The Hall–Kier alpha value is -2.14. The second-order valence-electron chi connectivity index (χ2n) is 5.87. The number of carbonyl (C=O) groups excluding carboxylic acids is 1. The number of para-hydroxylation sites is 1. The molecule has 1 heterocycles. The van der Waals surface area contributed by atoms with E-state index in [0.717, 1.165) is 30.6 Å². The molecule has 1 amide bonds. The summed E-state index contributed by atoms with van der Waals surface area (Å²) in [6, 6.07) is 14.5. The number of carbonyl (C=O) groups is 1. The fraction of sp³-hybridized carbons (Fsp3) is 0.278. The van der Waals surface area contributed by atoms with Gasteiger partial charge in [-0.3, -0.25) is 4.79 Å². The van der Waals surface area contributed by atoms with E-state index < -0.39 is 9.84 Å². The van der Waals surface area contributed by atoms with Gasteiger partial charge in [0, 0.05) is 18.5 Å². The predicted octanol–water partition coefficient (Wildman–Crippen LogP) is 2.61. The van der Waals surface area contributed by atoms with Crippen molar-refractivity contribution in [3.05, 3.63) is 59.7 Å². The minimum atomic E-state index is -3.20. The summed E-state index contributed by atoms with van der Waals surface area (Å²) in [5.41, 5.74) is 3.03. The molecule has 0 spiro atoms. The van der Waals surface area contributed by atoms with Crippen LogP contribution in [0.5, 0.6) is 0 Å². The number of rotatable bonds is 3. The van der Waals surface area contributed by atoms with Crippen molar-refractivity contribution in [2.75, 3.05) is 17.7 Å². The Morgan fingerprint density at radius 1 is 1.09 bits per heavy atom. The van der Waals surface area contributed by atoms with Crippen LogP contribution < -0.4 is 4.90 Å². The van der Waals surface area contributed by atoms with E-state index >= 15 is 0 Å². The van der Waals surface area contributed by atoms with Gasteiger partial charge in [-0.15, -0.1) is 0 Å². The highest BCUT2D eigenvalue weighted by Crippen LogP contribution is 2.27. The lowest BCUT2D eigenvalue weighted by Gasteiger charge is -2.29. The number of fused-ring (bicyclic) bond motifs is 1. The number of nitrogens with zero attached hydrogens (tertiary/aromatic N) is 1. The van der Waals surface area contributed by atoms with E-state index in [9.17, 15) is 13.2 Å². The van der Waals surface area contributed by atoms with Crippen molar-refractivity contribution in [2.24, 2.45) is 0 Å². The van der Waals surface area contributed by atoms with Crippen LogP contribution in [-0.4, -0.2) is 27.1 Å². The lowest BCUT2D eigenvalue weighted by Crippen LogP contribution is -2.36. The first-order valence-corrected chi connectivity index (χ1v) is 9.51. The van der Waals surface area contributed by atoms with E-state index in [1.54, 1.807) is 24.3 Å². The third-order valence-corrected chi connectivity index (χ3v) is 5.25. The number of hydrogen-bond acceptors (Lipinski definition) is 3. The Kier molecular flexibility index (Phi) is 4.22. The van der Waals surface area contributed by atoms with E-state index in [2.05, 4.69) is 6.07 Å². The Morgan fingerprint density at radius 3 is 2.48 bits per heavy atom. The average Bonchev–Trinajstić information content (AvgIpc) is 2.54. The highest BCUT2D eigenvalue weighted by atomic mass is 32.2. The lowest BCUT2D eigenvalue weighted by atomic mass is 10.0. The minimum Gasteiger partial charge on any atom is -0.312 e. The molecule has 2 aromatic carbocycles. The molecule has 4 nitrogen and oxygen atoms in total. The quantitative estimate of drug-likeness (QED) is 0.870. The molecule has 2 aromatic rings. The Bertz CT molecular complexity index is 826. The van der Waals surface area contributed by atoms with Crippen LogP contribution in [0.3, 0.4) is 0 Å². The lowest BCUT2D eigenvalue weighted by molar-refractivity contribution is -0.118. The van der Waals surface area contributed by atoms with Crippen molar-refractivity contribution in [1.82, 2.24) is 0 Å². The van der Waals surface area contributed by atoms with Gasteiger partial charge in [0.15, 0.2) is 9.84 Å².